The molecule has 0 aromatic heterocycles. The minimum Gasteiger partial charge on any atom is -0.443 e. The van der Waals surface area contributed by atoms with Gasteiger partial charge in [0.15, 0.2) is 0 Å². The van der Waals surface area contributed by atoms with Gasteiger partial charge in [-0.15, -0.1) is 0 Å². The third-order valence-electron chi connectivity index (χ3n) is 5.29. The van der Waals surface area contributed by atoms with Crippen molar-refractivity contribution in [2.45, 2.75) is 43.2 Å². The molecule has 0 saturated carbocycles. The molecule has 1 unspecified atom stereocenters. The van der Waals surface area contributed by atoms with E-state index in [-0.39, 0.29) is 11.4 Å². The van der Waals surface area contributed by atoms with E-state index in [2.05, 4.69) is 4.18 Å². The van der Waals surface area contributed by atoms with Gasteiger partial charge in [-0.3, -0.25) is 4.79 Å². The highest BCUT2D eigenvalue weighted by molar-refractivity contribution is 7.89. The van der Waals surface area contributed by atoms with E-state index >= 15 is 0 Å². The Balaban J connectivity index is 2.05. The van der Waals surface area contributed by atoms with Crippen molar-refractivity contribution in [1.29, 1.82) is 0 Å². The van der Waals surface area contributed by atoms with Crippen molar-refractivity contribution < 1.29 is 48.5 Å². The summed E-state index contributed by atoms with van der Waals surface area (Å²) >= 11 is 0. The second kappa shape index (κ2) is 8.78. The van der Waals surface area contributed by atoms with E-state index in [4.69, 9.17) is 4.74 Å². The largest absolute Gasteiger partial charge is 0.534 e. The highest BCUT2D eigenvalue weighted by Gasteiger charge is 2.59. The fourth-order valence-electron chi connectivity index (χ4n) is 3.66. The molecule has 0 bridgehead atoms. The molecule has 10 nitrogen and oxygen atoms in total. The lowest BCUT2D eigenvalue weighted by Gasteiger charge is -2.37. The maximum Gasteiger partial charge on any atom is 0.534 e. The number of alkyl halides is 3. The van der Waals surface area contributed by atoms with Crippen molar-refractivity contribution >= 4 is 32.1 Å². The summed E-state index contributed by atoms with van der Waals surface area (Å²) in [7, 11) is -10.4. The lowest BCUT2D eigenvalue weighted by Crippen LogP contribution is -2.51. The predicted molar refractivity (Wildman–Crippen MR) is 114 cm³/mol. The Hall–Kier alpha value is -2.65. The smallest absolute Gasteiger partial charge is 0.443 e. The van der Waals surface area contributed by atoms with E-state index in [1.54, 1.807) is 6.07 Å². The molecule has 35 heavy (non-hydrogen) atoms. The SMILES string of the molecule is CC(C)(C)OC(=O)N1CCC2(CN(S(=O)(=O)c3ccccc3)CC=C2OS(=O)(=O)C(F)(F)F)C1=O. The van der Waals surface area contributed by atoms with Crippen LogP contribution in [0.4, 0.5) is 18.0 Å². The van der Waals surface area contributed by atoms with Crippen molar-refractivity contribution in [2.24, 2.45) is 5.41 Å². The number of rotatable bonds is 4. The Kier molecular flexibility index (Phi) is 6.76. The minimum atomic E-state index is -6.18. The fraction of sp³-hybridized carbons (Fsp3) is 0.500. The molecule has 1 aromatic carbocycles. The molecule has 3 rings (SSSR count). The topological polar surface area (TPSA) is 127 Å². The van der Waals surface area contributed by atoms with Crippen molar-refractivity contribution in [3.63, 3.8) is 0 Å². The molecule has 2 aliphatic rings. The van der Waals surface area contributed by atoms with Gasteiger partial charge < -0.3 is 8.92 Å². The molecular weight excluding hydrogens is 517 g/mol. The van der Waals surface area contributed by atoms with Crippen LogP contribution >= 0.6 is 0 Å². The van der Waals surface area contributed by atoms with Crippen LogP contribution in [0, 0.1) is 5.41 Å². The summed E-state index contributed by atoms with van der Waals surface area (Å²) in [5, 5.41) is 0. The molecule has 194 valence electrons. The number of halogens is 3. The lowest BCUT2D eigenvalue weighted by molar-refractivity contribution is -0.135. The Morgan fingerprint density at radius 2 is 1.66 bits per heavy atom. The summed E-state index contributed by atoms with van der Waals surface area (Å²) in [6, 6.07) is 7.06. The van der Waals surface area contributed by atoms with Gasteiger partial charge >= 0.3 is 21.7 Å². The van der Waals surface area contributed by atoms with E-state index in [1.807, 2.05) is 0 Å². The van der Waals surface area contributed by atoms with Crippen molar-refractivity contribution in [3.8, 4) is 0 Å². The average Bonchev–Trinajstić information content (AvgIpc) is 3.04. The quantitative estimate of drug-likeness (QED) is 0.421. The lowest BCUT2D eigenvalue weighted by atomic mass is 9.82. The van der Waals surface area contributed by atoms with Crippen LogP contribution in [-0.4, -0.2) is 68.8 Å². The van der Waals surface area contributed by atoms with Crippen LogP contribution < -0.4 is 0 Å². The Morgan fingerprint density at radius 1 is 1.06 bits per heavy atom. The first-order valence-corrected chi connectivity index (χ1v) is 13.1. The number of hydrogen-bond acceptors (Lipinski definition) is 8. The van der Waals surface area contributed by atoms with Crippen LogP contribution in [0.2, 0.25) is 0 Å². The Labute approximate surface area is 200 Å². The third kappa shape index (κ3) is 5.16. The standard InChI is InChI=1S/C20H23F3N2O8S2/c1-18(2,3)32-17(27)25-12-10-19(16(25)26)13-24(34(28,29)14-7-5-4-6-8-14)11-9-15(19)33-35(30,31)20(21,22)23/h4-9H,10-13H2,1-3H3. The van der Waals surface area contributed by atoms with Crippen LogP contribution in [0.5, 0.6) is 0 Å². The number of amides is 2. The number of benzene rings is 1. The van der Waals surface area contributed by atoms with Crippen molar-refractivity contribution in [3.05, 3.63) is 42.2 Å². The fourth-order valence-corrected chi connectivity index (χ4v) is 5.68. The first-order chi connectivity index (χ1) is 15.9. The highest BCUT2D eigenvalue weighted by atomic mass is 32.2. The summed E-state index contributed by atoms with van der Waals surface area (Å²) in [6.07, 6.45) is -0.713. The van der Waals surface area contributed by atoms with Gasteiger partial charge in [-0.05, 0) is 45.4 Å². The number of carbonyl (C=O) groups is 2. The van der Waals surface area contributed by atoms with Gasteiger partial charge in [-0.2, -0.15) is 25.9 Å². The van der Waals surface area contributed by atoms with Gasteiger partial charge in [0.05, 0.1) is 4.90 Å². The number of imide groups is 1. The number of sulfonamides is 1. The van der Waals surface area contributed by atoms with E-state index in [0.29, 0.717) is 4.90 Å². The van der Waals surface area contributed by atoms with Crippen LogP contribution in [-0.2, 0) is 33.9 Å². The van der Waals surface area contributed by atoms with Gasteiger partial charge in [-0.1, -0.05) is 18.2 Å². The molecule has 1 spiro atoms. The van der Waals surface area contributed by atoms with Crippen LogP contribution in [0.3, 0.4) is 0 Å². The first kappa shape index (κ1) is 26.9. The van der Waals surface area contributed by atoms with Gasteiger partial charge in [0.1, 0.15) is 16.8 Å². The molecule has 2 heterocycles. The van der Waals surface area contributed by atoms with E-state index in [9.17, 15) is 39.6 Å². The van der Waals surface area contributed by atoms with Gasteiger partial charge in [0.25, 0.3) is 0 Å². The molecule has 1 atom stereocenters. The number of nitrogens with zero attached hydrogens (tertiary/aromatic N) is 2. The Morgan fingerprint density at radius 3 is 2.20 bits per heavy atom. The second-order valence-corrected chi connectivity index (χ2v) is 12.4. The number of likely N-dealkylation sites (tertiary alicyclic amines) is 1. The predicted octanol–water partition coefficient (Wildman–Crippen LogP) is 2.59. The maximum absolute atomic E-state index is 13.4. The summed E-state index contributed by atoms with van der Waals surface area (Å²) in [6.45, 7) is 2.91. The molecule has 0 N–H and O–H groups in total. The zero-order valence-corrected chi connectivity index (χ0v) is 20.5. The third-order valence-corrected chi connectivity index (χ3v) is 8.08. The normalized spacial score (nSPS) is 22.3. The zero-order chi connectivity index (χ0) is 26.4. The number of carbonyl (C=O) groups excluding carboxylic acids is 2. The molecule has 1 fully saturated rings. The van der Waals surface area contributed by atoms with Crippen LogP contribution in [0.1, 0.15) is 27.2 Å². The molecular formula is C20H23F3N2O8S2. The van der Waals surface area contributed by atoms with E-state index in [0.717, 1.165) is 10.4 Å². The monoisotopic (exact) mass is 540 g/mol. The molecule has 2 aliphatic heterocycles. The number of ether oxygens (including phenoxy) is 1. The first-order valence-electron chi connectivity index (χ1n) is 10.2. The van der Waals surface area contributed by atoms with E-state index < -0.39 is 73.9 Å². The zero-order valence-electron chi connectivity index (χ0n) is 18.9. The van der Waals surface area contributed by atoms with Gasteiger partial charge in [-0.25, -0.2) is 18.1 Å². The van der Waals surface area contributed by atoms with Crippen LogP contribution in [0.15, 0.2) is 47.1 Å². The van der Waals surface area contributed by atoms with Crippen molar-refractivity contribution in [1.82, 2.24) is 9.21 Å². The molecule has 1 saturated heterocycles. The van der Waals surface area contributed by atoms with Crippen LogP contribution in [0.25, 0.3) is 0 Å². The molecule has 0 radical (unpaired) electrons. The summed E-state index contributed by atoms with van der Waals surface area (Å²) in [4.78, 5) is 26.4. The molecule has 2 amide bonds. The molecule has 1 aromatic rings. The summed E-state index contributed by atoms with van der Waals surface area (Å²) in [5.41, 5.74) is -9.01. The van der Waals surface area contributed by atoms with Gasteiger partial charge in [0.2, 0.25) is 15.9 Å². The highest BCUT2D eigenvalue weighted by Crippen LogP contribution is 2.46. The average molecular weight is 541 g/mol. The maximum atomic E-state index is 13.4. The summed E-state index contributed by atoms with van der Waals surface area (Å²) in [5.74, 6) is -2.03. The minimum absolute atomic E-state index is 0.148. The second-order valence-electron chi connectivity index (χ2n) is 8.93. The molecule has 0 aliphatic carbocycles. The molecule has 15 heteroatoms. The van der Waals surface area contributed by atoms with E-state index in [1.165, 1.54) is 45.0 Å². The van der Waals surface area contributed by atoms with Crippen molar-refractivity contribution in [2.75, 3.05) is 19.6 Å². The van der Waals surface area contributed by atoms with Gasteiger partial charge in [0, 0.05) is 19.6 Å². The number of hydrogen-bond donors (Lipinski definition) is 0. The summed E-state index contributed by atoms with van der Waals surface area (Å²) < 4.78 is 99.1. The Bertz CT molecular complexity index is 1260.